The average molecular weight is 395 g/mol. The van der Waals surface area contributed by atoms with Gasteiger partial charge in [0.05, 0.1) is 10.5 Å². The zero-order chi connectivity index (χ0) is 19.0. The highest BCUT2D eigenvalue weighted by atomic mass is 35.5. The molecule has 0 amide bonds. The van der Waals surface area contributed by atoms with E-state index in [1.807, 2.05) is 24.4 Å². The number of ketones is 1. The molecule has 0 radical (unpaired) electrons. The highest BCUT2D eigenvalue weighted by Gasteiger charge is 2.35. The van der Waals surface area contributed by atoms with Crippen molar-refractivity contribution in [2.75, 3.05) is 6.54 Å². The van der Waals surface area contributed by atoms with Crippen LogP contribution in [0.15, 0.2) is 24.4 Å². The summed E-state index contributed by atoms with van der Waals surface area (Å²) in [4.78, 5) is 12.9. The fraction of sp³-hybridized carbons (Fsp3) is 0.571. The Morgan fingerprint density at radius 1 is 1.26 bits per heavy atom. The van der Waals surface area contributed by atoms with Crippen molar-refractivity contribution in [3.8, 4) is 0 Å². The summed E-state index contributed by atoms with van der Waals surface area (Å²) in [5.41, 5.74) is 1.65. The molecule has 1 aromatic heterocycles. The topological polar surface area (TPSA) is 34.0 Å². The van der Waals surface area contributed by atoms with Gasteiger partial charge in [0.2, 0.25) is 5.92 Å². The molecule has 0 bridgehead atoms. The Bertz CT molecular complexity index is 834. The van der Waals surface area contributed by atoms with Crippen molar-refractivity contribution < 1.29 is 13.6 Å². The monoisotopic (exact) mass is 394 g/mol. The number of Topliss-reactive ketones (excluding diaryl/α,β-unsaturated/α-hetero) is 1. The number of carbonyl (C=O) groups is 1. The molecule has 6 heteroatoms. The SMILES string of the molecule is O=C(CCC1CCC(F)(F)CC1)c1cn(C[C@@H]2CCN2)c2cccc(Cl)c12. The third-order valence-electron chi connectivity index (χ3n) is 6.11. The summed E-state index contributed by atoms with van der Waals surface area (Å²) in [5, 5.41) is 4.80. The first-order valence-corrected chi connectivity index (χ1v) is 10.2. The molecule has 1 N–H and O–H groups in total. The van der Waals surface area contributed by atoms with E-state index in [9.17, 15) is 13.6 Å². The van der Waals surface area contributed by atoms with Crippen LogP contribution in [0.2, 0.25) is 5.02 Å². The van der Waals surface area contributed by atoms with Gasteiger partial charge in [0.15, 0.2) is 5.78 Å². The molecule has 2 aliphatic rings. The number of nitrogens with zero attached hydrogens (tertiary/aromatic N) is 1. The van der Waals surface area contributed by atoms with Gasteiger partial charge < -0.3 is 9.88 Å². The molecule has 1 aliphatic heterocycles. The van der Waals surface area contributed by atoms with Crippen LogP contribution in [0.25, 0.3) is 10.9 Å². The Hall–Kier alpha value is -1.46. The number of nitrogens with one attached hydrogen (secondary N) is 1. The first-order valence-electron chi connectivity index (χ1n) is 9.85. The van der Waals surface area contributed by atoms with E-state index in [0.717, 1.165) is 30.4 Å². The Morgan fingerprint density at radius 3 is 2.67 bits per heavy atom. The van der Waals surface area contributed by atoms with Crippen LogP contribution in [0, 0.1) is 5.92 Å². The van der Waals surface area contributed by atoms with Crippen molar-refractivity contribution in [1.82, 2.24) is 9.88 Å². The predicted octanol–water partition coefficient (Wildman–Crippen LogP) is 5.45. The van der Waals surface area contributed by atoms with E-state index in [0.29, 0.717) is 42.3 Å². The van der Waals surface area contributed by atoms with Crippen molar-refractivity contribution in [3.63, 3.8) is 0 Å². The molecule has 1 aliphatic carbocycles. The van der Waals surface area contributed by atoms with E-state index >= 15 is 0 Å². The lowest BCUT2D eigenvalue weighted by Crippen LogP contribution is -2.45. The molecule has 27 heavy (non-hydrogen) atoms. The minimum atomic E-state index is -2.52. The molecular formula is C21H25ClF2N2O. The van der Waals surface area contributed by atoms with Gasteiger partial charge in [-0.1, -0.05) is 17.7 Å². The highest BCUT2D eigenvalue weighted by Crippen LogP contribution is 2.38. The molecule has 146 valence electrons. The van der Waals surface area contributed by atoms with E-state index in [-0.39, 0.29) is 24.5 Å². The highest BCUT2D eigenvalue weighted by molar-refractivity contribution is 6.37. The van der Waals surface area contributed by atoms with E-state index < -0.39 is 5.92 Å². The minimum absolute atomic E-state index is 0.0502. The molecule has 1 saturated heterocycles. The van der Waals surface area contributed by atoms with Crippen molar-refractivity contribution in [2.45, 2.75) is 63.5 Å². The van der Waals surface area contributed by atoms with Gasteiger partial charge in [0.1, 0.15) is 0 Å². The average Bonchev–Trinajstić information content (AvgIpc) is 2.97. The maximum Gasteiger partial charge on any atom is 0.248 e. The van der Waals surface area contributed by atoms with Crippen molar-refractivity contribution in [3.05, 3.63) is 35.0 Å². The summed E-state index contributed by atoms with van der Waals surface area (Å²) in [6.07, 6.45) is 5.05. The lowest BCUT2D eigenvalue weighted by molar-refractivity contribution is -0.0464. The molecule has 2 fully saturated rings. The molecule has 2 aromatic rings. The third kappa shape index (κ3) is 4.04. The largest absolute Gasteiger partial charge is 0.345 e. The molecule has 0 unspecified atom stereocenters. The number of aromatic nitrogens is 1. The van der Waals surface area contributed by atoms with Crippen molar-refractivity contribution >= 4 is 28.3 Å². The maximum atomic E-state index is 13.3. The Morgan fingerprint density at radius 2 is 2.00 bits per heavy atom. The predicted molar refractivity (Wildman–Crippen MR) is 104 cm³/mol. The van der Waals surface area contributed by atoms with Gasteiger partial charge in [-0.3, -0.25) is 4.79 Å². The van der Waals surface area contributed by atoms with Gasteiger partial charge >= 0.3 is 0 Å². The number of benzene rings is 1. The second-order valence-electron chi connectivity index (χ2n) is 8.03. The zero-order valence-electron chi connectivity index (χ0n) is 15.3. The second-order valence-corrected chi connectivity index (χ2v) is 8.44. The smallest absolute Gasteiger partial charge is 0.248 e. The lowest BCUT2D eigenvalue weighted by Gasteiger charge is -2.28. The first kappa shape index (κ1) is 18.9. The summed E-state index contributed by atoms with van der Waals surface area (Å²) in [6.45, 7) is 1.86. The van der Waals surface area contributed by atoms with Crippen LogP contribution in [-0.4, -0.2) is 28.9 Å². The Balaban J connectivity index is 1.49. The van der Waals surface area contributed by atoms with Crippen LogP contribution < -0.4 is 5.32 Å². The van der Waals surface area contributed by atoms with Gasteiger partial charge in [0.25, 0.3) is 0 Å². The van der Waals surface area contributed by atoms with Crippen LogP contribution in [0.5, 0.6) is 0 Å². The van der Waals surface area contributed by atoms with Crippen LogP contribution in [0.4, 0.5) is 8.78 Å². The maximum absolute atomic E-state index is 13.3. The fourth-order valence-corrected chi connectivity index (χ4v) is 4.54. The van der Waals surface area contributed by atoms with Crippen LogP contribution in [-0.2, 0) is 6.54 Å². The molecule has 4 rings (SSSR count). The summed E-state index contributed by atoms with van der Waals surface area (Å²) < 4.78 is 28.7. The van der Waals surface area contributed by atoms with Gasteiger partial charge in [-0.2, -0.15) is 0 Å². The summed E-state index contributed by atoms with van der Waals surface area (Å²) in [7, 11) is 0. The molecule has 3 nitrogen and oxygen atoms in total. The molecule has 0 spiro atoms. The van der Waals surface area contributed by atoms with Gasteiger partial charge in [0, 0.05) is 49.0 Å². The van der Waals surface area contributed by atoms with Crippen LogP contribution in [0.3, 0.4) is 0 Å². The number of alkyl halides is 2. The lowest BCUT2D eigenvalue weighted by atomic mass is 9.83. The number of rotatable bonds is 6. The van der Waals surface area contributed by atoms with E-state index in [4.69, 9.17) is 11.6 Å². The van der Waals surface area contributed by atoms with Crippen molar-refractivity contribution in [1.29, 1.82) is 0 Å². The van der Waals surface area contributed by atoms with Gasteiger partial charge in [-0.25, -0.2) is 8.78 Å². The molecular weight excluding hydrogens is 370 g/mol. The molecule has 2 heterocycles. The van der Waals surface area contributed by atoms with E-state index in [1.165, 1.54) is 0 Å². The Labute approximate surface area is 163 Å². The van der Waals surface area contributed by atoms with E-state index in [2.05, 4.69) is 9.88 Å². The fourth-order valence-electron chi connectivity index (χ4n) is 4.27. The standard InChI is InChI=1S/C21H25ClF2N2O/c22-17-2-1-3-18-20(17)16(13-26(18)12-15-8-11-25-15)19(27)5-4-14-6-9-21(23,24)10-7-14/h1-3,13-15,25H,4-12H2/t15-/m0/s1. The zero-order valence-corrected chi connectivity index (χ0v) is 16.1. The number of hydrogen-bond donors (Lipinski definition) is 1. The molecule has 1 atom stereocenters. The normalized spacial score (nSPS) is 22.7. The second kappa shape index (κ2) is 7.51. The number of halogens is 3. The number of hydrogen-bond acceptors (Lipinski definition) is 2. The van der Waals surface area contributed by atoms with Crippen LogP contribution >= 0.6 is 11.6 Å². The van der Waals surface area contributed by atoms with Crippen molar-refractivity contribution in [2.24, 2.45) is 5.92 Å². The van der Waals surface area contributed by atoms with Gasteiger partial charge in [-0.15, -0.1) is 0 Å². The third-order valence-corrected chi connectivity index (χ3v) is 6.43. The quantitative estimate of drug-likeness (QED) is 0.661. The Kier molecular flexibility index (Phi) is 5.26. The minimum Gasteiger partial charge on any atom is -0.345 e. The summed E-state index contributed by atoms with van der Waals surface area (Å²) in [5.74, 6) is -2.24. The summed E-state index contributed by atoms with van der Waals surface area (Å²) >= 11 is 6.42. The molecule has 1 saturated carbocycles. The van der Waals surface area contributed by atoms with Gasteiger partial charge in [-0.05, 0) is 50.3 Å². The van der Waals surface area contributed by atoms with Crippen LogP contribution in [0.1, 0.15) is 55.3 Å². The number of carbonyl (C=O) groups excluding carboxylic acids is 1. The first-order chi connectivity index (χ1) is 12.9. The number of fused-ring (bicyclic) bond motifs is 1. The summed E-state index contributed by atoms with van der Waals surface area (Å²) in [6, 6.07) is 6.16. The molecule has 1 aromatic carbocycles. The van der Waals surface area contributed by atoms with E-state index in [1.54, 1.807) is 0 Å².